The number of aliphatic hydroxyl groups excluding tert-OH is 2. The molecule has 0 spiro atoms. The lowest BCUT2D eigenvalue weighted by Crippen LogP contribution is -2.45. The molecule has 0 fully saturated rings. The molecule has 0 aliphatic rings. The van der Waals surface area contributed by atoms with Crippen LogP contribution < -0.4 is 5.32 Å². The van der Waals surface area contributed by atoms with Gasteiger partial charge >= 0.3 is 5.97 Å². The summed E-state index contributed by atoms with van der Waals surface area (Å²) in [6, 6.07) is -0.633. The third kappa shape index (κ3) is 57.6. The van der Waals surface area contributed by atoms with Gasteiger partial charge in [-0.2, -0.15) is 0 Å². The smallest absolute Gasteiger partial charge is 0.305 e. The van der Waals surface area contributed by atoms with Crippen LogP contribution in [0.4, 0.5) is 0 Å². The number of carbonyl (C=O) groups is 2. The monoisotopic (exact) mass is 1010 g/mol. The second-order valence-corrected chi connectivity index (χ2v) is 22.5. The van der Waals surface area contributed by atoms with Crippen molar-refractivity contribution in [1.82, 2.24) is 5.32 Å². The molecular formula is C66H127NO5. The first kappa shape index (κ1) is 70.3. The molecule has 6 nitrogen and oxygen atoms in total. The molecule has 0 aliphatic heterocycles. The largest absolute Gasteiger partial charge is 0.466 e. The average Bonchev–Trinajstić information content (AvgIpc) is 3.38. The van der Waals surface area contributed by atoms with Gasteiger partial charge in [0.05, 0.1) is 25.4 Å². The van der Waals surface area contributed by atoms with Crippen LogP contribution in [0.3, 0.4) is 0 Å². The summed E-state index contributed by atoms with van der Waals surface area (Å²) in [6.45, 7) is 4.93. The molecule has 0 aromatic carbocycles. The van der Waals surface area contributed by atoms with Crippen molar-refractivity contribution in [2.45, 2.75) is 373 Å². The highest BCUT2D eigenvalue weighted by atomic mass is 16.5. The summed E-state index contributed by atoms with van der Waals surface area (Å²) in [7, 11) is 0. The first-order chi connectivity index (χ1) is 35.5. The van der Waals surface area contributed by atoms with E-state index in [4.69, 9.17) is 4.74 Å². The molecule has 0 saturated heterocycles. The fraction of sp³-hybridized carbons (Fsp3) is 0.909. The van der Waals surface area contributed by atoms with Gasteiger partial charge in [-0.05, 0) is 57.8 Å². The first-order valence-electron chi connectivity index (χ1n) is 32.6. The van der Waals surface area contributed by atoms with E-state index >= 15 is 0 Å². The van der Waals surface area contributed by atoms with Gasteiger partial charge in [0, 0.05) is 12.8 Å². The Labute approximate surface area is 450 Å². The van der Waals surface area contributed by atoms with Crippen molar-refractivity contribution in [1.29, 1.82) is 0 Å². The standard InChI is InChI=1S/C66H127NO5/c1-3-5-7-9-11-13-15-17-19-20-25-28-31-34-38-42-46-50-54-58-64(69)63(62-68)67-65(70)59-55-51-47-43-39-35-32-29-26-23-21-22-24-27-30-33-37-41-45-49-53-57-61-72-66(71)60-56-52-48-44-40-36-18-16-14-12-10-8-6-4-2/h23,26,54,58,63-64,68-69H,3-22,24-25,27-53,55-57,59-62H2,1-2H3,(H,67,70)/b26-23-,58-54+. The maximum Gasteiger partial charge on any atom is 0.305 e. The molecule has 6 heteroatoms. The molecule has 0 aromatic heterocycles. The number of aliphatic hydroxyl groups is 2. The van der Waals surface area contributed by atoms with Crippen molar-refractivity contribution in [2.75, 3.05) is 13.2 Å². The van der Waals surface area contributed by atoms with Gasteiger partial charge < -0.3 is 20.3 Å². The third-order valence-electron chi connectivity index (χ3n) is 15.2. The van der Waals surface area contributed by atoms with E-state index in [1.165, 1.54) is 289 Å². The van der Waals surface area contributed by atoms with Crippen molar-refractivity contribution in [2.24, 2.45) is 0 Å². The predicted molar refractivity (Wildman–Crippen MR) is 315 cm³/mol. The minimum atomic E-state index is -0.849. The van der Waals surface area contributed by atoms with E-state index in [1.807, 2.05) is 6.08 Å². The summed E-state index contributed by atoms with van der Waals surface area (Å²) >= 11 is 0. The lowest BCUT2D eigenvalue weighted by Gasteiger charge is -2.20. The molecule has 426 valence electrons. The number of amides is 1. The van der Waals surface area contributed by atoms with E-state index in [2.05, 4.69) is 31.3 Å². The molecule has 2 unspecified atom stereocenters. The highest BCUT2D eigenvalue weighted by molar-refractivity contribution is 5.76. The zero-order valence-corrected chi connectivity index (χ0v) is 48.7. The average molecular weight is 1010 g/mol. The number of allylic oxidation sites excluding steroid dienone is 3. The normalized spacial score (nSPS) is 12.7. The molecule has 0 heterocycles. The van der Waals surface area contributed by atoms with E-state index in [0.717, 1.165) is 44.9 Å². The molecule has 0 rings (SSSR count). The van der Waals surface area contributed by atoms with Crippen molar-refractivity contribution in [3.05, 3.63) is 24.3 Å². The quantitative estimate of drug-likeness (QED) is 0.0320. The maximum absolute atomic E-state index is 12.5. The van der Waals surface area contributed by atoms with Crippen LogP contribution in [0.2, 0.25) is 0 Å². The zero-order chi connectivity index (χ0) is 52.2. The molecule has 0 aromatic rings. The van der Waals surface area contributed by atoms with Crippen LogP contribution in [0, 0.1) is 0 Å². The summed E-state index contributed by atoms with van der Waals surface area (Å²) in [6.07, 6.45) is 76.5. The second kappa shape index (κ2) is 61.9. The Morgan fingerprint density at radius 2 is 0.653 bits per heavy atom. The van der Waals surface area contributed by atoms with Crippen LogP contribution in [0.25, 0.3) is 0 Å². The van der Waals surface area contributed by atoms with Gasteiger partial charge in [-0.1, -0.05) is 314 Å². The van der Waals surface area contributed by atoms with Crippen LogP contribution in [0.15, 0.2) is 24.3 Å². The number of ether oxygens (including phenoxy) is 1. The Hall–Kier alpha value is -1.66. The van der Waals surface area contributed by atoms with E-state index in [-0.39, 0.29) is 18.5 Å². The molecule has 1 amide bonds. The van der Waals surface area contributed by atoms with Crippen molar-refractivity contribution < 1.29 is 24.5 Å². The van der Waals surface area contributed by atoms with Crippen LogP contribution >= 0.6 is 0 Å². The highest BCUT2D eigenvalue weighted by Gasteiger charge is 2.18. The summed E-state index contributed by atoms with van der Waals surface area (Å²) in [5, 5.41) is 23.2. The minimum absolute atomic E-state index is 0.0122. The first-order valence-corrected chi connectivity index (χ1v) is 32.6. The molecule has 0 radical (unpaired) electrons. The van der Waals surface area contributed by atoms with Gasteiger partial charge in [0.2, 0.25) is 5.91 Å². The predicted octanol–water partition coefficient (Wildman–Crippen LogP) is 20.6. The Morgan fingerprint density at radius 3 is 0.986 bits per heavy atom. The van der Waals surface area contributed by atoms with Gasteiger partial charge in [0.1, 0.15) is 0 Å². The molecular weight excluding hydrogens is 887 g/mol. The third-order valence-corrected chi connectivity index (χ3v) is 15.2. The van der Waals surface area contributed by atoms with E-state index in [0.29, 0.717) is 19.4 Å². The van der Waals surface area contributed by atoms with E-state index in [9.17, 15) is 19.8 Å². The highest BCUT2D eigenvalue weighted by Crippen LogP contribution is 2.18. The van der Waals surface area contributed by atoms with Crippen LogP contribution in [-0.2, 0) is 14.3 Å². The molecule has 0 saturated carbocycles. The maximum atomic E-state index is 12.5. The fourth-order valence-electron chi connectivity index (χ4n) is 10.2. The molecule has 0 aliphatic carbocycles. The van der Waals surface area contributed by atoms with E-state index in [1.54, 1.807) is 6.08 Å². The Kier molecular flexibility index (Phi) is 60.5. The van der Waals surface area contributed by atoms with Crippen molar-refractivity contribution in [3.8, 4) is 0 Å². The molecule has 0 bridgehead atoms. The van der Waals surface area contributed by atoms with Gasteiger partial charge in [0.25, 0.3) is 0 Å². The molecule has 2 atom stereocenters. The van der Waals surface area contributed by atoms with Crippen LogP contribution in [0.5, 0.6) is 0 Å². The Balaban J connectivity index is 3.44. The zero-order valence-electron chi connectivity index (χ0n) is 48.7. The Bertz CT molecular complexity index is 1120. The summed E-state index contributed by atoms with van der Waals surface area (Å²) < 4.78 is 5.49. The SMILES string of the molecule is CCCCCCCCCCCCCCCCCCC/C=C/C(O)C(CO)NC(=O)CCCCCCCCC/C=C\CCCCCCCCCCCCCOC(=O)CCCCCCCCCCCCCCCC. The number of unbranched alkanes of at least 4 members (excludes halogenated alkanes) is 48. The lowest BCUT2D eigenvalue weighted by atomic mass is 10.0. The number of hydrogen-bond acceptors (Lipinski definition) is 5. The summed E-state index contributed by atoms with van der Waals surface area (Å²) in [5.74, 6) is -0.0597. The number of esters is 1. The number of nitrogens with one attached hydrogen (secondary N) is 1. The van der Waals surface area contributed by atoms with Crippen molar-refractivity contribution >= 4 is 11.9 Å². The second-order valence-electron chi connectivity index (χ2n) is 22.5. The molecule has 72 heavy (non-hydrogen) atoms. The van der Waals surface area contributed by atoms with E-state index < -0.39 is 12.1 Å². The molecule has 3 N–H and O–H groups in total. The van der Waals surface area contributed by atoms with Gasteiger partial charge in [-0.25, -0.2) is 0 Å². The fourth-order valence-corrected chi connectivity index (χ4v) is 10.2. The summed E-state index contributed by atoms with van der Waals surface area (Å²) in [5.41, 5.74) is 0. The number of carbonyl (C=O) groups excluding carboxylic acids is 2. The van der Waals surface area contributed by atoms with Crippen LogP contribution in [-0.4, -0.2) is 47.4 Å². The topological polar surface area (TPSA) is 95.9 Å². The van der Waals surface area contributed by atoms with Gasteiger partial charge in [-0.3, -0.25) is 9.59 Å². The van der Waals surface area contributed by atoms with Gasteiger partial charge in [-0.15, -0.1) is 0 Å². The number of hydrogen-bond donors (Lipinski definition) is 3. The Morgan fingerprint density at radius 1 is 0.375 bits per heavy atom. The number of rotatable bonds is 61. The summed E-state index contributed by atoms with van der Waals surface area (Å²) in [4.78, 5) is 24.5. The van der Waals surface area contributed by atoms with Crippen LogP contribution in [0.1, 0.15) is 361 Å². The van der Waals surface area contributed by atoms with Gasteiger partial charge in [0.15, 0.2) is 0 Å². The lowest BCUT2D eigenvalue weighted by molar-refractivity contribution is -0.143. The van der Waals surface area contributed by atoms with Crippen molar-refractivity contribution in [3.63, 3.8) is 0 Å². The minimum Gasteiger partial charge on any atom is -0.466 e.